The number of unbranched alkanes of at least 4 members (excludes halogenated alkanes) is 1. The first-order valence-corrected chi connectivity index (χ1v) is 11.0. The molecule has 1 amide bonds. The molecule has 0 fully saturated rings. The molecule has 0 saturated carbocycles. The van der Waals surface area contributed by atoms with Crippen molar-refractivity contribution >= 4 is 11.6 Å². The molecule has 0 atom stereocenters. The number of hydrogen-bond acceptors (Lipinski definition) is 2. The van der Waals surface area contributed by atoms with E-state index in [1.54, 1.807) is 0 Å². The molecule has 3 aromatic carbocycles. The largest absolute Gasteiger partial charge is 0.399 e. The lowest BCUT2D eigenvalue weighted by atomic mass is 9.73. The molecule has 0 radical (unpaired) electrons. The molecule has 4 rings (SSSR count). The fourth-order valence-corrected chi connectivity index (χ4v) is 4.75. The number of amides is 1. The molecule has 30 heavy (non-hydrogen) atoms. The Morgan fingerprint density at radius 2 is 1.47 bits per heavy atom. The van der Waals surface area contributed by atoms with Gasteiger partial charge >= 0.3 is 0 Å². The van der Waals surface area contributed by atoms with Crippen molar-refractivity contribution in [1.82, 2.24) is 5.32 Å². The average molecular weight is 399 g/mol. The molecule has 154 valence electrons. The van der Waals surface area contributed by atoms with E-state index in [-0.39, 0.29) is 5.91 Å². The number of anilines is 1. The Morgan fingerprint density at radius 1 is 0.867 bits per heavy atom. The monoisotopic (exact) mass is 398 g/mol. The van der Waals surface area contributed by atoms with E-state index < -0.39 is 5.41 Å². The Labute approximate surface area is 179 Å². The van der Waals surface area contributed by atoms with Gasteiger partial charge in [-0.25, -0.2) is 0 Å². The van der Waals surface area contributed by atoms with Crippen molar-refractivity contribution in [2.75, 3.05) is 12.3 Å². The van der Waals surface area contributed by atoms with Gasteiger partial charge in [-0.3, -0.25) is 4.79 Å². The number of rotatable bonds is 8. The summed E-state index contributed by atoms with van der Waals surface area (Å²) < 4.78 is 0. The van der Waals surface area contributed by atoms with Gasteiger partial charge in [0.15, 0.2) is 0 Å². The Bertz CT molecular complexity index is 978. The number of carbonyl (C=O) groups is 1. The Balaban J connectivity index is 1.63. The highest BCUT2D eigenvalue weighted by molar-refractivity contribution is 6.00. The van der Waals surface area contributed by atoms with E-state index in [1.807, 2.05) is 12.1 Å². The molecule has 3 heteroatoms. The summed E-state index contributed by atoms with van der Waals surface area (Å²) in [5.41, 5.74) is 12.0. The van der Waals surface area contributed by atoms with Crippen molar-refractivity contribution in [1.29, 1.82) is 0 Å². The lowest BCUT2D eigenvalue weighted by Gasteiger charge is -2.31. The van der Waals surface area contributed by atoms with Gasteiger partial charge in [-0.1, -0.05) is 74.0 Å². The Kier molecular flexibility index (Phi) is 5.89. The minimum Gasteiger partial charge on any atom is -0.399 e. The van der Waals surface area contributed by atoms with Crippen LogP contribution in [0.4, 0.5) is 5.69 Å². The van der Waals surface area contributed by atoms with E-state index >= 15 is 0 Å². The zero-order valence-corrected chi connectivity index (χ0v) is 17.7. The van der Waals surface area contributed by atoms with E-state index in [0.29, 0.717) is 6.54 Å². The van der Waals surface area contributed by atoms with Crippen molar-refractivity contribution in [3.05, 3.63) is 89.5 Å². The third-order valence-electron chi connectivity index (χ3n) is 6.23. The molecule has 0 spiro atoms. The molecule has 1 aliphatic rings. The predicted molar refractivity (Wildman–Crippen MR) is 124 cm³/mol. The number of nitrogens with one attached hydrogen (secondary N) is 1. The van der Waals surface area contributed by atoms with Gasteiger partial charge in [0.1, 0.15) is 5.41 Å². The van der Waals surface area contributed by atoms with Gasteiger partial charge in [0.25, 0.3) is 0 Å². The summed E-state index contributed by atoms with van der Waals surface area (Å²) in [6.45, 7) is 2.80. The maximum atomic E-state index is 13.6. The summed E-state index contributed by atoms with van der Waals surface area (Å²) in [7, 11) is 0. The number of nitrogens with two attached hydrogens (primary N) is 1. The first-order chi connectivity index (χ1) is 14.7. The number of nitrogen functional groups attached to an aromatic ring is 1. The lowest BCUT2D eigenvalue weighted by Crippen LogP contribution is -2.44. The zero-order valence-electron chi connectivity index (χ0n) is 17.7. The third-order valence-corrected chi connectivity index (χ3v) is 6.23. The number of benzene rings is 3. The summed E-state index contributed by atoms with van der Waals surface area (Å²) in [5.74, 6) is 0.134. The van der Waals surface area contributed by atoms with E-state index in [2.05, 4.69) is 72.9 Å². The zero-order chi connectivity index (χ0) is 21.0. The molecule has 3 N–H and O–H groups in total. The van der Waals surface area contributed by atoms with Crippen molar-refractivity contribution in [3.8, 4) is 11.1 Å². The smallest absolute Gasteiger partial charge is 0.235 e. The van der Waals surface area contributed by atoms with Gasteiger partial charge in [0.05, 0.1) is 0 Å². The summed E-state index contributed by atoms with van der Waals surface area (Å²) in [6.07, 6.45) is 4.76. The first kappa shape index (κ1) is 20.2. The highest BCUT2D eigenvalue weighted by Gasteiger charge is 2.48. The van der Waals surface area contributed by atoms with Crippen LogP contribution in [-0.4, -0.2) is 12.5 Å². The van der Waals surface area contributed by atoms with Crippen molar-refractivity contribution in [2.24, 2.45) is 0 Å². The maximum Gasteiger partial charge on any atom is 0.235 e. The van der Waals surface area contributed by atoms with Crippen LogP contribution in [0.25, 0.3) is 11.1 Å². The predicted octanol–water partition coefficient (Wildman–Crippen LogP) is 5.47. The van der Waals surface area contributed by atoms with Crippen LogP contribution in [0.15, 0.2) is 72.8 Å². The van der Waals surface area contributed by atoms with Crippen LogP contribution in [0.2, 0.25) is 0 Å². The van der Waals surface area contributed by atoms with Crippen LogP contribution >= 0.6 is 0 Å². The molecule has 0 aliphatic heterocycles. The minimum atomic E-state index is -0.608. The quantitative estimate of drug-likeness (QED) is 0.390. The maximum absolute atomic E-state index is 13.6. The van der Waals surface area contributed by atoms with Crippen LogP contribution in [0, 0.1) is 0 Å². The van der Waals surface area contributed by atoms with Gasteiger partial charge in [-0.2, -0.15) is 0 Å². The second-order valence-corrected chi connectivity index (χ2v) is 8.20. The van der Waals surface area contributed by atoms with Crippen molar-refractivity contribution in [2.45, 2.75) is 44.4 Å². The molecule has 3 nitrogen and oxygen atoms in total. The van der Waals surface area contributed by atoms with E-state index in [4.69, 9.17) is 5.73 Å². The second-order valence-electron chi connectivity index (χ2n) is 8.20. The van der Waals surface area contributed by atoms with Gasteiger partial charge in [0.2, 0.25) is 5.91 Å². The number of hydrogen-bond donors (Lipinski definition) is 2. The standard InChI is InChI=1S/C27H30N2O/c1-2-19-29-26(30)27(18-8-7-9-20-14-16-21(28)17-15-20)24-12-5-3-10-22(24)23-11-4-6-13-25(23)27/h3-6,10-17H,2,7-9,18-19,28H2,1H3,(H,29,30). The fraction of sp³-hybridized carbons (Fsp3) is 0.296. The van der Waals surface area contributed by atoms with Crippen LogP contribution in [0.5, 0.6) is 0 Å². The summed E-state index contributed by atoms with van der Waals surface area (Å²) in [6, 6.07) is 24.9. The average Bonchev–Trinajstić information content (AvgIpc) is 3.07. The van der Waals surface area contributed by atoms with Crippen molar-refractivity contribution in [3.63, 3.8) is 0 Å². The molecule has 0 aromatic heterocycles. The van der Waals surface area contributed by atoms with Crippen LogP contribution in [0.1, 0.15) is 49.3 Å². The van der Waals surface area contributed by atoms with Crippen LogP contribution < -0.4 is 11.1 Å². The van der Waals surface area contributed by atoms with Gasteiger partial charge in [-0.05, 0) is 65.6 Å². The normalized spacial score (nSPS) is 13.5. The molecule has 0 heterocycles. The van der Waals surface area contributed by atoms with Crippen LogP contribution in [0.3, 0.4) is 0 Å². The molecular formula is C27H30N2O. The summed E-state index contributed by atoms with van der Waals surface area (Å²) >= 11 is 0. The molecular weight excluding hydrogens is 368 g/mol. The summed E-state index contributed by atoms with van der Waals surface area (Å²) in [4.78, 5) is 13.6. The first-order valence-electron chi connectivity index (χ1n) is 11.0. The number of fused-ring (bicyclic) bond motifs is 3. The van der Waals surface area contributed by atoms with Crippen molar-refractivity contribution < 1.29 is 4.79 Å². The van der Waals surface area contributed by atoms with E-state index in [1.165, 1.54) is 16.7 Å². The topological polar surface area (TPSA) is 55.1 Å². The SMILES string of the molecule is CCCNC(=O)C1(CCCCc2ccc(N)cc2)c2ccccc2-c2ccccc21. The highest BCUT2D eigenvalue weighted by atomic mass is 16.2. The van der Waals surface area contributed by atoms with Gasteiger partial charge in [-0.15, -0.1) is 0 Å². The molecule has 0 saturated heterocycles. The molecule has 0 bridgehead atoms. The fourth-order valence-electron chi connectivity index (χ4n) is 4.75. The number of aryl methyl sites for hydroxylation is 1. The third kappa shape index (κ3) is 3.60. The summed E-state index contributed by atoms with van der Waals surface area (Å²) in [5, 5.41) is 3.21. The number of carbonyl (C=O) groups excluding carboxylic acids is 1. The van der Waals surface area contributed by atoms with Gasteiger partial charge in [0, 0.05) is 12.2 Å². The van der Waals surface area contributed by atoms with Gasteiger partial charge < -0.3 is 11.1 Å². The van der Waals surface area contributed by atoms with E-state index in [9.17, 15) is 4.79 Å². The molecule has 1 aliphatic carbocycles. The Hall–Kier alpha value is -3.07. The Morgan fingerprint density at radius 3 is 2.07 bits per heavy atom. The lowest BCUT2D eigenvalue weighted by molar-refractivity contribution is -0.125. The van der Waals surface area contributed by atoms with E-state index in [0.717, 1.165) is 48.9 Å². The second kappa shape index (κ2) is 8.74. The molecule has 0 unspecified atom stereocenters. The minimum absolute atomic E-state index is 0.134. The highest BCUT2D eigenvalue weighted by Crippen LogP contribution is 2.51. The molecule has 3 aromatic rings. The van der Waals surface area contributed by atoms with Crippen LogP contribution in [-0.2, 0) is 16.6 Å².